The van der Waals surface area contributed by atoms with E-state index in [1.807, 2.05) is 6.92 Å². The Labute approximate surface area is 160 Å². The number of amides is 1. The van der Waals surface area contributed by atoms with Gasteiger partial charge in [0.2, 0.25) is 0 Å². The lowest BCUT2D eigenvalue weighted by atomic mass is 9.91. The van der Waals surface area contributed by atoms with Gasteiger partial charge in [-0.3, -0.25) is 4.90 Å². The molecule has 27 heavy (non-hydrogen) atoms. The van der Waals surface area contributed by atoms with Crippen LogP contribution in [0.4, 0.5) is 4.79 Å². The number of ether oxygens (including phenoxy) is 4. The fraction of sp³-hybridized carbons (Fsp3) is 0.579. The molecule has 1 N–H and O–H groups in total. The van der Waals surface area contributed by atoms with Crippen molar-refractivity contribution in [3.63, 3.8) is 0 Å². The van der Waals surface area contributed by atoms with E-state index < -0.39 is 17.6 Å². The number of hydrogen-bond donors (Lipinski definition) is 1. The zero-order chi connectivity index (χ0) is 20.3. The molecule has 8 nitrogen and oxygen atoms in total. The first-order chi connectivity index (χ1) is 12.9. The molecule has 0 aliphatic heterocycles. The summed E-state index contributed by atoms with van der Waals surface area (Å²) in [5, 5.41) is 9.84. The average molecular weight is 383 g/mol. The van der Waals surface area contributed by atoms with Crippen molar-refractivity contribution in [3.05, 3.63) is 29.8 Å². The summed E-state index contributed by atoms with van der Waals surface area (Å²) in [4.78, 5) is 25.6. The molecule has 0 aromatic heterocycles. The third-order valence-electron chi connectivity index (χ3n) is 4.07. The molecule has 0 bridgehead atoms. The largest absolute Gasteiger partial charge is 0.479 e. The number of benzene rings is 1. The van der Waals surface area contributed by atoms with Gasteiger partial charge in [0.05, 0.1) is 6.61 Å². The van der Waals surface area contributed by atoms with E-state index in [2.05, 4.69) is 0 Å². The molecule has 1 rings (SSSR count). The molecule has 1 unspecified atom stereocenters. The average Bonchev–Trinajstić information content (AvgIpc) is 2.65. The van der Waals surface area contributed by atoms with Gasteiger partial charge in [0, 0.05) is 20.6 Å². The van der Waals surface area contributed by atoms with E-state index in [1.54, 1.807) is 24.3 Å². The lowest BCUT2D eigenvalue weighted by Crippen LogP contribution is -2.57. The molecule has 8 heteroatoms. The molecule has 0 spiro atoms. The van der Waals surface area contributed by atoms with Crippen molar-refractivity contribution in [2.75, 3.05) is 34.4 Å². The predicted octanol–water partition coefficient (Wildman–Crippen LogP) is 2.90. The number of rotatable bonds is 12. The Balaban J connectivity index is 2.98. The highest BCUT2D eigenvalue weighted by molar-refractivity contribution is 5.84. The van der Waals surface area contributed by atoms with E-state index in [4.69, 9.17) is 18.9 Å². The van der Waals surface area contributed by atoms with Crippen molar-refractivity contribution < 1.29 is 33.6 Å². The number of unbranched alkanes of at least 4 members (excludes halogenated alkanes) is 1. The first-order valence-corrected chi connectivity index (χ1v) is 8.76. The lowest BCUT2D eigenvalue weighted by molar-refractivity contribution is -0.152. The maximum atomic E-state index is 12.4. The summed E-state index contributed by atoms with van der Waals surface area (Å²) in [7, 11) is 2.92. The van der Waals surface area contributed by atoms with Gasteiger partial charge in [0.15, 0.2) is 6.79 Å². The normalized spacial score (nSPS) is 12.9. The fourth-order valence-electron chi connectivity index (χ4n) is 2.42. The summed E-state index contributed by atoms with van der Waals surface area (Å²) in [6.07, 6.45) is 0.944. The fourth-order valence-corrected chi connectivity index (χ4v) is 2.42. The Hall–Kier alpha value is -2.32. The van der Waals surface area contributed by atoms with Crippen molar-refractivity contribution in [1.29, 1.82) is 0 Å². The van der Waals surface area contributed by atoms with Gasteiger partial charge >= 0.3 is 12.1 Å². The molecule has 0 aliphatic carbocycles. The number of carbonyl (C=O) groups excluding carboxylic acids is 1. The molecule has 152 valence electrons. The van der Waals surface area contributed by atoms with Crippen LogP contribution in [0.3, 0.4) is 0 Å². The van der Waals surface area contributed by atoms with Crippen molar-refractivity contribution in [2.24, 2.45) is 0 Å². The van der Waals surface area contributed by atoms with Crippen LogP contribution in [0, 0.1) is 0 Å². The SMILES string of the molecule is CCCCOC(=O)N(COC)C(C)(Cc1ccc(OCOC)cc1)C(=O)O. The third-order valence-corrected chi connectivity index (χ3v) is 4.07. The van der Waals surface area contributed by atoms with Crippen LogP contribution < -0.4 is 4.74 Å². The maximum absolute atomic E-state index is 12.4. The van der Waals surface area contributed by atoms with Gasteiger partial charge in [0.25, 0.3) is 0 Å². The zero-order valence-corrected chi connectivity index (χ0v) is 16.4. The third kappa shape index (κ3) is 6.73. The van der Waals surface area contributed by atoms with Crippen LogP contribution in [0.25, 0.3) is 0 Å². The van der Waals surface area contributed by atoms with Crippen LogP contribution in [-0.4, -0.2) is 62.0 Å². The monoisotopic (exact) mass is 383 g/mol. The molecule has 0 fully saturated rings. The molecule has 1 aromatic carbocycles. The second kappa shape index (κ2) is 11.4. The van der Waals surface area contributed by atoms with Gasteiger partial charge in [-0.2, -0.15) is 0 Å². The van der Waals surface area contributed by atoms with Crippen LogP contribution in [0.15, 0.2) is 24.3 Å². The number of methoxy groups -OCH3 is 2. The minimum absolute atomic E-state index is 0.0825. The number of hydrogen-bond acceptors (Lipinski definition) is 6. The molecule has 0 radical (unpaired) electrons. The molecule has 1 atom stereocenters. The standard InChI is InChI=1S/C19H29NO7/c1-5-6-11-26-18(23)20(13-24-3)19(2,17(21)22)12-15-7-9-16(10-8-15)27-14-25-4/h7-10H,5-6,11-14H2,1-4H3,(H,21,22). The number of aliphatic carboxylic acids is 1. The van der Waals surface area contributed by atoms with Gasteiger partial charge in [-0.1, -0.05) is 25.5 Å². The Morgan fingerprint density at radius 3 is 2.33 bits per heavy atom. The van der Waals surface area contributed by atoms with E-state index in [9.17, 15) is 14.7 Å². The minimum atomic E-state index is -1.53. The van der Waals surface area contributed by atoms with E-state index >= 15 is 0 Å². The molecule has 1 aromatic rings. The number of nitrogens with zero attached hydrogens (tertiary/aromatic N) is 1. The van der Waals surface area contributed by atoms with Crippen molar-refractivity contribution >= 4 is 12.1 Å². The summed E-state index contributed by atoms with van der Waals surface area (Å²) in [6, 6.07) is 6.94. The van der Waals surface area contributed by atoms with Gasteiger partial charge in [-0.15, -0.1) is 0 Å². The predicted molar refractivity (Wildman–Crippen MR) is 98.7 cm³/mol. The van der Waals surface area contributed by atoms with Crippen LogP contribution in [0.1, 0.15) is 32.3 Å². The van der Waals surface area contributed by atoms with Crippen LogP contribution in [0.2, 0.25) is 0 Å². The summed E-state index contributed by atoms with van der Waals surface area (Å²) >= 11 is 0. The molecular weight excluding hydrogens is 354 g/mol. The smallest absolute Gasteiger partial charge is 0.412 e. The van der Waals surface area contributed by atoms with Gasteiger partial charge in [-0.05, 0) is 31.0 Å². The molecule has 1 amide bonds. The maximum Gasteiger partial charge on any atom is 0.412 e. The molecule has 0 saturated carbocycles. The number of carboxylic acid groups (broad SMARTS) is 1. The van der Waals surface area contributed by atoms with E-state index in [0.717, 1.165) is 16.9 Å². The highest BCUT2D eigenvalue weighted by Gasteiger charge is 2.43. The van der Waals surface area contributed by atoms with E-state index in [0.29, 0.717) is 12.2 Å². The van der Waals surface area contributed by atoms with Gasteiger partial charge in [0.1, 0.15) is 18.0 Å². The highest BCUT2D eigenvalue weighted by Crippen LogP contribution is 2.24. The Morgan fingerprint density at radius 1 is 1.15 bits per heavy atom. The van der Waals surface area contributed by atoms with E-state index in [-0.39, 0.29) is 26.6 Å². The second-order valence-electron chi connectivity index (χ2n) is 6.26. The summed E-state index contributed by atoms with van der Waals surface area (Å²) in [5.74, 6) is -0.544. The summed E-state index contributed by atoms with van der Waals surface area (Å²) < 4.78 is 20.4. The Bertz CT molecular complexity index is 590. The molecule has 0 saturated heterocycles. The topological polar surface area (TPSA) is 94.5 Å². The van der Waals surface area contributed by atoms with Crippen LogP contribution in [-0.2, 0) is 25.4 Å². The summed E-state index contributed by atoms with van der Waals surface area (Å²) in [6.45, 7) is 3.61. The first-order valence-electron chi connectivity index (χ1n) is 8.76. The summed E-state index contributed by atoms with van der Waals surface area (Å²) in [5.41, 5.74) is -0.805. The molecule has 0 heterocycles. The number of carbonyl (C=O) groups is 2. The van der Waals surface area contributed by atoms with E-state index in [1.165, 1.54) is 21.1 Å². The minimum Gasteiger partial charge on any atom is -0.479 e. The van der Waals surface area contributed by atoms with Crippen molar-refractivity contribution in [3.8, 4) is 5.75 Å². The first kappa shape index (κ1) is 22.7. The number of carboxylic acids is 1. The lowest BCUT2D eigenvalue weighted by Gasteiger charge is -2.36. The zero-order valence-electron chi connectivity index (χ0n) is 16.4. The van der Waals surface area contributed by atoms with Crippen molar-refractivity contribution in [1.82, 2.24) is 4.90 Å². The Morgan fingerprint density at radius 2 is 1.81 bits per heavy atom. The van der Waals surface area contributed by atoms with Gasteiger partial charge in [-0.25, -0.2) is 9.59 Å². The highest BCUT2D eigenvalue weighted by atomic mass is 16.7. The molecular formula is C19H29NO7. The molecule has 0 aliphatic rings. The Kier molecular flexibility index (Phi) is 9.60. The van der Waals surface area contributed by atoms with Crippen LogP contribution in [0.5, 0.6) is 5.75 Å². The second-order valence-corrected chi connectivity index (χ2v) is 6.26. The van der Waals surface area contributed by atoms with Crippen molar-refractivity contribution in [2.45, 2.75) is 38.6 Å². The van der Waals surface area contributed by atoms with Crippen LogP contribution >= 0.6 is 0 Å². The quantitative estimate of drug-likeness (QED) is 0.438. The van der Waals surface area contributed by atoms with Gasteiger partial charge < -0.3 is 24.1 Å².